The minimum absolute atomic E-state index is 0.0592. The fourth-order valence-corrected chi connectivity index (χ4v) is 2.34. The van der Waals surface area contributed by atoms with Gasteiger partial charge in [0.1, 0.15) is 0 Å². The summed E-state index contributed by atoms with van der Waals surface area (Å²) in [6.07, 6.45) is 0. The monoisotopic (exact) mass is 244 g/mol. The van der Waals surface area contributed by atoms with Crippen LogP contribution in [0.4, 0.5) is 0 Å². The summed E-state index contributed by atoms with van der Waals surface area (Å²) in [6, 6.07) is 20.4. The van der Waals surface area contributed by atoms with Crippen LogP contribution in [0.3, 0.4) is 0 Å². The zero-order valence-electron chi connectivity index (χ0n) is 9.58. The molecule has 0 spiro atoms. The molecule has 0 saturated carbocycles. The Labute approximate surface area is 104 Å². The van der Waals surface area contributed by atoms with Crippen LogP contribution in [0.5, 0.6) is 0 Å². The first-order valence-corrected chi connectivity index (χ1v) is 6.22. The lowest BCUT2D eigenvalue weighted by Crippen LogP contribution is -2.26. The van der Waals surface area contributed by atoms with Gasteiger partial charge in [-0.05, 0) is 11.1 Å². The van der Waals surface area contributed by atoms with Crippen LogP contribution in [0.15, 0.2) is 60.7 Å². The highest BCUT2D eigenvalue weighted by Gasteiger charge is 2.18. The van der Waals surface area contributed by atoms with Crippen LogP contribution in [0.1, 0.15) is 23.2 Å². The molecule has 0 aliphatic rings. The van der Waals surface area contributed by atoms with Crippen molar-refractivity contribution < 1.29 is 0 Å². The lowest BCUT2D eigenvalue weighted by Gasteiger charge is -2.24. The van der Waals surface area contributed by atoms with Gasteiger partial charge in [0.15, 0.2) is 0 Å². The van der Waals surface area contributed by atoms with Crippen LogP contribution in [0, 0.1) is 0 Å². The van der Waals surface area contributed by atoms with Gasteiger partial charge in [0, 0.05) is 6.04 Å². The van der Waals surface area contributed by atoms with Crippen molar-refractivity contribution in [2.24, 2.45) is 5.73 Å². The SMILES string of the molecule is NC(c1ccccc1)C(NP)c1ccccc1. The van der Waals surface area contributed by atoms with Crippen molar-refractivity contribution in [3.63, 3.8) is 0 Å². The third kappa shape index (κ3) is 2.92. The molecule has 88 valence electrons. The summed E-state index contributed by atoms with van der Waals surface area (Å²) in [5.41, 5.74) is 8.63. The van der Waals surface area contributed by atoms with E-state index in [9.17, 15) is 0 Å². The highest BCUT2D eigenvalue weighted by molar-refractivity contribution is 7.13. The second kappa shape index (κ2) is 5.92. The van der Waals surface area contributed by atoms with Gasteiger partial charge in [-0.25, -0.2) is 0 Å². The Morgan fingerprint density at radius 3 is 1.76 bits per heavy atom. The number of rotatable bonds is 4. The molecule has 2 aromatic rings. The molecule has 0 amide bonds. The lowest BCUT2D eigenvalue weighted by atomic mass is 9.95. The highest BCUT2D eigenvalue weighted by atomic mass is 31.0. The van der Waals surface area contributed by atoms with Crippen LogP contribution in [-0.4, -0.2) is 0 Å². The number of hydrogen-bond donors (Lipinski definition) is 2. The second-order valence-corrected chi connectivity index (χ2v) is 4.32. The van der Waals surface area contributed by atoms with E-state index < -0.39 is 0 Å². The molecule has 2 rings (SSSR count). The molecule has 3 N–H and O–H groups in total. The van der Waals surface area contributed by atoms with Crippen molar-refractivity contribution >= 4 is 9.39 Å². The predicted molar refractivity (Wildman–Crippen MR) is 75.4 cm³/mol. The number of hydrogen-bond acceptors (Lipinski definition) is 2. The Hall–Kier alpha value is -1.21. The molecule has 0 aromatic heterocycles. The van der Waals surface area contributed by atoms with Crippen LogP contribution >= 0.6 is 9.39 Å². The fraction of sp³-hybridized carbons (Fsp3) is 0.143. The topological polar surface area (TPSA) is 38.0 Å². The minimum Gasteiger partial charge on any atom is -0.322 e. The fourth-order valence-electron chi connectivity index (χ4n) is 1.94. The van der Waals surface area contributed by atoms with E-state index in [1.165, 1.54) is 5.56 Å². The van der Waals surface area contributed by atoms with E-state index in [4.69, 9.17) is 5.73 Å². The van der Waals surface area contributed by atoms with E-state index >= 15 is 0 Å². The van der Waals surface area contributed by atoms with E-state index in [0.29, 0.717) is 0 Å². The van der Waals surface area contributed by atoms with Crippen molar-refractivity contribution in [2.75, 3.05) is 0 Å². The first kappa shape index (κ1) is 12.3. The van der Waals surface area contributed by atoms with Crippen LogP contribution < -0.4 is 10.8 Å². The van der Waals surface area contributed by atoms with Crippen molar-refractivity contribution in [3.8, 4) is 0 Å². The third-order valence-corrected chi connectivity index (χ3v) is 3.24. The summed E-state index contributed by atoms with van der Waals surface area (Å²) in [6.45, 7) is 0. The Bertz CT molecular complexity index is 444. The molecule has 0 fully saturated rings. The van der Waals surface area contributed by atoms with Gasteiger partial charge in [-0.3, -0.25) is 5.09 Å². The summed E-state index contributed by atoms with van der Waals surface area (Å²) in [7, 11) is 2.56. The maximum atomic E-state index is 6.31. The number of nitrogens with one attached hydrogen (secondary N) is 1. The molecule has 3 unspecified atom stereocenters. The van der Waals surface area contributed by atoms with Crippen molar-refractivity contribution in [1.29, 1.82) is 0 Å². The Morgan fingerprint density at radius 1 is 0.824 bits per heavy atom. The number of benzene rings is 2. The molecule has 0 aliphatic heterocycles. The standard InChI is InChI=1S/C14H17N2P/c15-13(11-7-3-1-4-8-11)14(16-17)12-9-5-2-6-10-12/h1-10,13-14,16H,15,17H2. The van der Waals surface area contributed by atoms with Gasteiger partial charge in [-0.1, -0.05) is 70.1 Å². The Balaban J connectivity index is 2.25. The van der Waals surface area contributed by atoms with E-state index in [1.54, 1.807) is 0 Å². The smallest absolute Gasteiger partial charge is 0.0544 e. The zero-order chi connectivity index (χ0) is 12.1. The van der Waals surface area contributed by atoms with Gasteiger partial charge >= 0.3 is 0 Å². The summed E-state index contributed by atoms with van der Waals surface area (Å²) < 4.78 is 0. The van der Waals surface area contributed by atoms with Crippen molar-refractivity contribution in [3.05, 3.63) is 71.8 Å². The van der Waals surface area contributed by atoms with E-state index in [-0.39, 0.29) is 12.1 Å². The summed E-state index contributed by atoms with van der Waals surface area (Å²) >= 11 is 0. The molecule has 0 aliphatic carbocycles. The Kier molecular flexibility index (Phi) is 4.27. The molecule has 0 bridgehead atoms. The van der Waals surface area contributed by atoms with Gasteiger partial charge in [0.2, 0.25) is 0 Å². The quantitative estimate of drug-likeness (QED) is 0.812. The number of nitrogens with two attached hydrogens (primary N) is 1. The van der Waals surface area contributed by atoms with Gasteiger partial charge in [0.05, 0.1) is 6.04 Å². The predicted octanol–water partition coefficient (Wildman–Crippen LogP) is 2.81. The maximum Gasteiger partial charge on any atom is 0.0544 e. The normalized spacial score (nSPS) is 14.2. The van der Waals surface area contributed by atoms with Gasteiger partial charge in [0.25, 0.3) is 0 Å². The Morgan fingerprint density at radius 2 is 1.29 bits per heavy atom. The molecule has 2 nitrogen and oxygen atoms in total. The van der Waals surface area contributed by atoms with E-state index in [1.807, 2.05) is 36.4 Å². The average molecular weight is 244 g/mol. The van der Waals surface area contributed by atoms with Crippen molar-refractivity contribution in [2.45, 2.75) is 12.1 Å². The third-order valence-electron chi connectivity index (χ3n) is 2.88. The van der Waals surface area contributed by atoms with Gasteiger partial charge in [-0.15, -0.1) is 0 Å². The van der Waals surface area contributed by atoms with E-state index in [0.717, 1.165) is 5.56 Å². The molecule has 3 heteroatoms. The second-order valence-electron chi connectivity index (χ2n) is 3.99. The highest BCUT2D eigenvalue weighted by Crippen LogP contribution is 2.27. The largest absolute Gasteiger partial charge is 0.322 e. The molecule has 0 radical (unpaired) electrons. The molecule has 0 heterocycles. The first-order chi connectivity index (χ1) is 8.33. The van der Waals surface area contributed by atoms with Gasteiger partial charge in [-0.2, -0.15) is 0 Å². The molecule has 2 aromatic carbocycles. The van der Waals surface area contributed by atoms with Crippen LogP contribution in [0.2, 0.25) is 0 Å². The molecular formula is C14H17N2P. The zero-order valence-corrected chi connectivity index (χ0v) is 10.7. The first-order valence-electron chi connectivity index (χ1n) is 5.64. The average Bonchev–Trinajstić information content (AvgIpc) is 2.42. The minimum atomic E-state index is -0.0592. The molecule has 3 atom stereocenters. The maximum absolute atomic E-state index is 6.31. The van der Waals surface area contributed by atoms with Crippen LogP contribution in [0.25, 0.3) is 0 Å². The van der Waals surface area contributed by atoms with Gasteiger partial charge < -0.3 is 5.73 Å². The van der Waals surface area contributed by atoms with Crippen molar-refractivity contribution in [1.82, 2.24) is 5.09 Å². The molecule has 17 heavy (non-hydrogen) atoms. The summed E-state index contributed by atoms with van der Waals surface area (Å²) in [5.74, 6) is 0. The molecular weight excluding hydrogens is 227 g/mol. The lowest BCUT2D eigenvalue weighted by molar-refractivity contribution is 0.542. The van der Waals surface area contributed by atoms with E-state index in [2.05, 4.69) is 38.7 Å². The van der Waals surface area contributed by atoms with Crippen LogP contribution in [-0.2, 0) is 0 Å². The summed E-state index contributed by atoms with van der Waals surface area (Å²) in [4.78, 5) is 0. The summed E-state index contributed by atoms with van der Waals surface area (Å²) in [5, 5.41) is 3.21. The molecule has 0 saturated heterocycles.